The van der Waals surface area contributed by atoms with E-state index in [1.165, 1.54) is 19.5 Å². The van der Waals surface area contributed by atoms with Crippen molar-refractivity contribution in [1.82, 2.24) is 9.80 Å². The van der Waals surface area contributed by atoms with E-state index in [0.29, 0.717) is 12.0 Å². The molecule has 4 aliphatic rings. The summed E-state index contributed by atoms with van der Waals surface area (Å²) in [6.45, 7) is 4.41. The maximum atomic E-state index is 13.0. The lowest BCUT2D eigenvalue weighted by molar-refractivity contribution is 0.0425. The van der Waals surface area contributed by atoms with Gasteiger partial charge < -0.3 is 9.80 Å². The topological polar surface area (TPSA) is 23.6 Å². The zero-order chi connectivity index (χ0) is 14.8. The van der Waals surface area contributed by atoms with Gasteiger partial charge in [-0.3, -0.25) is 4.79 Å². The number of hydrogen-bond acceptors (Lipinski definition) is 3. The highest BCUT2D eigenvalue weighted by atomic mass is 35.5. The second kappa shape index (κ2) is 4.70. The number of fused-ring (bicyclic) bond motifs is 2. The Bertz CT molecular complexity index is 773. The summed E-state index contributed by atoms with van der Waals surface area (Å²) in [5.41, 5.74) is 0. The standard InChI is InChI=1S/C17H17ClN2OS/c18-13-2-1-3-15-12(13)6-16(22-15)17(21)20-8-10-7-19-5-4-11(10)14(20)9-19/h1-3,6,10-11,14H,4-5,7-9H2/t10-,11-,14-/m1/s1. The van der Waals surface area contributed by atoms with Crippen molar-refractivity contribution in [3.63, 3.8) is 0 Å². The molecule has 1 amide bonds. The van der Waals surface area contributed by atoms with Crippen LogP contribution in [0.3, 0.4) is 0 Å². The average Bonchev–Trinajstić information content (AvgIpc) is 3.08. The highest BCUT2D eigenvalue weighted by molar-refractivity contribution is 7.20. The van der Waals surface area contributed by atoms with Gasteiger partial charge in [-0.25, -0.2) is 0 Å². The zero-order valence-electron chi connectivity index (χ0n) is 12.2. The number of benzene rings is 1. The van der Waals surface area contributed by atoms with Crippen LogP contribution in [0, 0.1) is 11.8 Å². The number of thiophene rings is 1. The van der Waals surface area contributed by atoms with Crippen LogP contribution in [-0.2, 0) is 0 Å². The number of piperidine rings is 3. The molecule has 22 heavy (non-hydrogen) atoms. The van der Waals surface area contributed by atoms with Crippen LogP contribution in [0.25, 0.3) is 10.1 Å². The molecule has 4 saturated heterocycles. The summed E-state index contributed by atoms with van der Waals surface area (Å²) >= 11 is 7.82. The van der Waals surface area contributed by atoms with E-state index < -0.39 is 0 Å². The number of likely N-dealkylation sites (tertiary alicyclic amines) is 1. The monoisotopic (exact) mass is 332 g/mol. The Morgan fingerprint density at radius 2 is 2.18 bits per heavy atom. The van der Waals surface area contributed by atoms with Gasteiger partial charge in [0, 0.05) is 40.8 Å². The summed E-state index contributed by atoms with van der Waals surface area (Å²) in [4.78, 5) is 18.5. The third-order valence-electron chi connectivity index (χ3n) is 5.63. The lowest BCUT2D eigenvalue weighted by Gasteiger charge is -2.44. The molecule has 0 unspecified atom stereocenters. The molecule has 5 heteroatoms. The maximum absolute atomic E-state index is 13.0. The third-order valence-corrected chi connectivity index (χ3v) is 7.05. The van der Waals surface area contributed by atoms with Crippen molar-refractivity contribution in [2.45, 2.75) is 12.5 Å². The number of carbonyl (C=O) groups is 1. The molecule has 0 N–H and O–H groups in total. The molecule has 4 bridgehead atoms. The molecule has 1 aromatic carbocycles. The minimum Gasteiger partial charge on any atom is -0.333 e. The molecule has 0 radical (unpaired) electrons. The Morgan fingerprint density at radius 1 is 1.27 bits per heavy atom. The molecule has 4 atom stereocenters. The normalized spacial score (nSPS) is 32.9. The first kappa shape index (κ1) is 13.3. The number of halogens is 1. The lowest BCUT2D eigenvalue weighted by atomic mass is 9.80. The number of hydrogen-bond donors (Lipinski definition) is 0. The van der Waals surface area contributed by atoms with Gasteiger partial charge in [0.2, 0.25) is 0 Å². The van der Waals surface area contributed by atoms with Crippen LogP contribution in [0.2, 0.25) is 5.02 Å². The van der Waals surface area contributed by atoms with Crippen LogP contribution in [0.1, 0.15) is 16.1 Å². The number of nitrogens with zero attached hydrogens (tertiary/aromatic N) is 2. The number of carbonyl (C=O) groups excluding carboxylic acids is 1. The van der Waals surface area contributed by atoms with E-state index in [2.05, 4.69) is 9.80 Å². The van der Waals surface area contributed by atoms with Gasteiger partial charge in [0.1, 0.15) is 0 Å². The molecule has 0 aliphatic carbocycles. The predicted molar refractivity (Wildman–Crippen MR) is 89.7 cm³/mol. The molecule has 6 rings (SSSR count). The first-order valence-electron chi connectivity index (χ1n) is 7.92. The second-order valence-electron chi connectivity index (χ2n) is 6.76. The Hall–Kier alpha value is -1.10. The Kier molecular flexibility index (Phi) is 2.85. The average molecular weight is 333 g/mol. The molecule has 2 aromatic rings. The SMILES string of the molecule is O=C(c1cc2c(Cl)cccc2s1)N1C[C@H]2C[N@]3CC[C@H]2[C@H]1C3. The number of rotatable bonds is 1. The molecule has 0 spiro atoms. The van der Waals surface area contributed by atoms with Gasteiger partial charge >= 0.3 is 0 Å². The van der Waals surface area contributed by atoms with Gasteiger partial charge in [0.15, 0.2) is 0 Å². The van der Waals surface area contributed by atoms with Crippen molar-refractivity contribution in [1.29, 1.82) is 0 Å². The van der Waals surface area contributed by atoms with E-state index in [9.17, 15) is 4.79 Å². The van der Waals surface area contributed by atoms with Crippen molar-refractivity contribution in [2.75, 3.05) is 26.2 Å². The predicted octanol–water partition coefficient (Wildman–Crippen LogP) is 3.33. The van der Waals surface area contributed by atoms with E-state index in [0.717, 1.165) is 39.0 Å². The van der Waals surface area contributed by atoms with E-state index in [1.807, 2.05) is 24.3 Å². The van der Waals surface area contributed by atoms with Crippen LogP contribution >= 0.6 is 22.9 Å². The van der Waals surface area contributed by atoms with Crippen LogP contribution in [0.15, 0.2) is 24.3 Å². The summed E-state index contributed by atoms with van der Waals surface area (Å²) in [7, 11) is 0. The fraction of sp³-hybridized carbons (Fsp3) is 0.471. The van der Waals surface area contributed by atoms with Crippen molar-refractivity contribution in [3.05, 3.63) is 34.2 Å². The quantitative estimate of drug-likeness (QED) is 0.799. The van der Waals surface area contributed by atoms with E-state index >= 15 is 0 Å². The largest absolute Gasteiger partial charge is 0.333 e. The highest BCUT2D eigenvalue weighted by Gasteiger charge is 2.51. The van der Waals surface area contributed by atoms with Gasteiger partial charge in [-0.15, -0.1) is 11.3 Å². The van der Waals surface area contributed by atoms with E-state index in [1.54, 1.807) is 11.3 Å². The molecule has 3 nitrogen and oxygen atoms in total. The minimum absolute atomic E-state index is 0.207. The van der Waals surface area contributed by atoms with Gasteiger partial charge in [-0.2, -0.15) is 0 Å². The highest BCUT2D eigenvalue weighted by Crippen LogP contribution is 2.42. The van der Waals surface area contributed by atoms with Gasteiger partial charge in [0.25, 0.3) is 5.91 Å². The first-order chi connectivity index (χ1) is 10.7. The van der Waals surface area contributed by atoms with Gasteiger partial charge in [-0.05, 0) is 43.0 Å². The summed E-state index contributed by atoms with van der Waals surface area (Å²) in [5, 5.41) is 1.74. The Balaban J connectivity index is 1.50. The Morgan fingerprint density at radius 3 is 2.95 bits per heavy atom. The van der Waals surface area contributed by atoms with Gasteiger partial charge in [-0.1, -0.05) is 17.7 Å². The maximum Gasteiger partial charge on any atom is 0.264 e. The van der Waals surface area contributed by atoms with Gasteiger partial charge in [0.05, 0.1) is 4.88 Å². The summed E-state index contributed by atoms with van der Waals surface area (Å²) in [6.07, 6.45) is 1.26. The lowest BCUT2D eigenvalue weighted by Crippen LogP contribution is -2.54. The summed E-state index contributed by atoms with van der Waals surface area (Å²) in [6, 6.07) is 8.29. The van der Waals surface area contributed by atoms with E-state index in [4.69, 9.17) is 11.6 Å². The minimum atomic E-state index is 0.207. The van der Waals surface area contributed by atoms with Crippen molar-refractivity contribution in [3.8, 4) is 0 Å². The fourth-order valence-corrected chi connectivity index (χ4v) is 5.94. The summed E-state index contributed by atoms with van der Waals surface area (Å²) < 4.78 is 1.10. The summed E-state index contributed by atoms with van der Waals surface area (Å²) in [5.74, 6) is 1.62. The first-order valence-corrected chi connectivity index (χ1v) is 9.11. The molecule has 4 fully saturated rings. The Labute approximate surface area is 138 Å². The van der Waals surface area contributed by atoms with Crippen LogP contribution in [0.4, 0.5) is 0 Å². The molecule has 1 aromatic heterocycles. The molecule has 4 aliphatic heterocycles. The molecule has 0 saturated carbocycles. The van der Waals surface area contributed by atoms with Crippen molar-refractivity contribution in [2.24, 2.45) is 11.8 Å². The smallest absolute Gasteiger partial charge is 0.264 e. The molecule has 5 heterocycles. The van der Waals surface area contributed by atoms with Crippen molar-refractivity contribution >= 4 is 38.9 Å². The molecule has 114 valence electrons. The van der Waals surface area contributed by atoms with Crippen LogP contribution < -0.4 is 0 Å². The van der Waals surface area contributed by atoms with Crippen LogP contribution in [-0.4, -0.2) is 47.9 Å². The fourth-order valence-electron chi connectivity index (χ4n) is 4.61. The third kappa shape index (κ3) is 1.81. The number of amides is 1. The van der Waals surface area contributed by atoms with Crippen molar-refractivity contribution < 1.29 is 4.79 Å². The zero-order valence-corrected chi connectivity index (χ0v) is 13.7. The van der Waals surface area contributed by atoms with E-state index in [-0.39, 0.29) is 5.91 Å². The second-order valence-corrected chi connectivity index (χ2v) is 8.25. The molecular weight excluding hydrogens is 316 g/mol. The molecular formula is C17H17ClN2OS. The van der Waals surface area contributed by atoms with Crippen LogP contribution in [0.5, 0.6) is 0 Å².